The van der Waals surface area contributed by atoms with Crippen molar-refractivity contribution in [2.75, 3.05) is 0 Å². The first kappa shape index (κ1) is 19.6. The van der Waals surface area contributed by atoms with Crippen LogP contribution in [0.3, 0.4) is 0 Å². The average Bonchev–Trinajstić information content (AvgIpc) is 3.23. The van der Waals surface area contributed by atoms with E-state index >= 15 is 0 Å². The Hall–Kier alpha value is -2.32. The second-order valence-corrected chi connectivity index (χ2v) is 17.5. The number of hydrogen-bond acceptors (Lipinski definition) is 2. The van der Waals surface area contributed by atoms with Gasteiger partial charge < -0.3 is 0 Å². The van der Waals surface area contributed by atoms with E-state index in [1.54, 1.807) is 11.3 Å². The molecule has 5 rings (SSSR count). The van der Waals surface area contributed by atoms with Gasteiger partial charge in [-0.2, -0.15) is 0 Å². The van der Waals surface area contributed by atoms with Crippen molar-refractivity contribution in [1.82, 2.24) is 4.98 Å². The Kier molecular flexibility index (Phi) is 5.06. The fourth-order valence-corrected chi connectivity index (χ4v) is 13.7. The molecule has 5 aromatic rings. The molecule has 148 valence electrons. The predicted octanol–water partition coefficient (Wildman–Crippen LogP) is 6.64. The van der Waals surface area contributed by atoms with Crippen LogP contribution in [0.15, 0.2) is 115 Å². The van der Waals surface area contributed by atoms with Gasteiger partial charge in [0.25, 0.3) is 0 Å². The Labute approximate surface area is 189 Å². The summed E-state index contributed by atoms with van der Waals surface area (Å²) in [6.07, 6.45) is 0.836. The number of benzene rings is 4. The van der Waals surface area contributed by atoms with Crippen LogP contribution in [0.2, 0.25) is 0 Å². The molecule has 1 heterocycles. The van der Waals surface area contributed by atoms with E-state index in [9.17, 15) is 0 Å². The molecular formula is C26H21BrNPS. The number of nitrogens with zero attached hydrogens (tertiary/aromatic N) is 1. The molecule has 4 heteroatoms. The normalized spacial score (nSPS) is 13.0. The Bertz CT molecular complexity index is 1150. The number of thiazole rings is 1. The van der Waals surface area contributed by atoms with Crippen molar-refractivity contribution in [2.24, 2.45) is 0 Å². The molecule has 0 spiro atoms. The van der Waals surface area contributed by atoms with E-state index in [0.29, 0.717) is 0 Å². The van der Waals surface area contributed by atoms with Crippen LogP contribution in [0.5, 0.6) is 0 Å². The number of rotatable bonds is 5. The Balaban J connectivity index is 1.84. The standard InChI is InChI=1S/C26H21BrNPS/c27-29(21-12-4-1-5-13-21,22-14-6-2-7-15-22,23-16-8-3-9-17-23)20-26-28-24-18-10-11-19-25(24)30-26/h1-19H,20H2. The van der Waals surface area contributed by atoms with Gasteiger partial charge in [0.05, 0.1) is 0 Å². The predicted molar refractivity (Wildman–Crippen MR) is 137 cm³/mol. The zero-order valence-corrected chi connectivity index (χ0v) is 19.7. The van der Waals surface area contributed by atoms with Gasteiger partial charge in [-0.3, -0.25) is 0 Å². The van der Waals surface area contributed by atoms with Crippen LogP contribution >= 0.6 is 32.1 Å². The summed E-state index contributed by atoms with van der Waals surface area (Å²) in [5.74, 6) is 0. The Morgan fingerprint density at radius 3 is 1.50 bits per heavy atom. The number of fused-ring (bicyclic) bond motifs is 1. The van der Waals surface area contributed by atoms with E-state index in [0.717, 1.165) is 16.7 Å². The van der Waals surface area contributed by atoms with Gasteiger partial charge in [0.1, 0.15) is 0 Å². The third-order valence-electron chi connectivity index (χ3n) is 5.65. The minimum atomic E-state index is -2.98. The van der Waals surface area contributed by atoms with E-state index in [-0.39, 0.29) is 0 Å². The van der Waals surface area contributed by atoms with Crippen LogP contribution in [0, 0.1) is 0 Å². The Morgan fingerprint density at radius 2 is 1.03 bits per heavy atom. The topological polar surface area (TPSA) is 12.9 Å². The quantitative estimate of drug-likeness (QED) is 0.252. The molecule has 0 aliphatic heterocycles. The molecular weight excluding hydrogens is 469 g/mol. The molecule has 0 radical (unpaired) electrons. The van der Waals surface area contributed by atoms with Crippen molar-refractivity contribution >= 4 is 58.3 Å². The second-order valence-electron chi connectivity index (χ2n) is 7.42. The molecule has 4 aromatic carbocycles. The van der Waals surface area contributed by atoms with Crippen LogP contribution in [0.25, 0.3) is 10.2 Å². The molecule has 1 aromatic heterocycles. The molecule has 0 N–H and O–H groups in total. The van der Waals surface area contributed by atoms with Gasteiger partial charge in [0, 0.05) is 0 Å². The fraction of sp³-hybridized carbons (Fsp3) is 0.0385. The molecule has 0 atom stereocenters. The second kappa shape index (κ2) is 7.74. The minimum absolute atomic E-state index is 0.836. The summed E-state index contributed by atoms with van der Waals surface area (Å²) in [6.45, 7) is 0. The monoisotopic (exact) mass is 489 g/mol. The van der Waals surface area contributed by atoms with Crippen molar-refractivity contribution in [1.29, 1.82) is 0 Å². The SMILES string of the molecule is BrP(Cc1nc2ccccc2s1)(c1ccccc1)(c1ccccc1)c1ccccc1. The molecule has 0 saturated heterocycles. The van der Waals surface area contributed by atoms with Gasteiger partial charge in [-0.1, -0.05) is 0 Å². The molecule has 0 aliphatic carbocycles. The first-order valence-corrected chi connectivity index (χ1v) is 15.2. The molecule has 0 fully saturated rings. The Morgan fingerprint density at radius 1 is 0.600 bits per heavy atom. The number of hydrogen-bond donors (Lipinski definition) is 0. The van der Waals surface area contributed by atoms with E-state index in [4.69, 9.17) is 4.98 Å². The molecule has 30 heavy (non-hydrogen) atoms. The molecule has 1 nitrogen and oxygen atoms in total. The zero-order chi connectivity index (χ0) is 20.5. The van der Waals surface area contributed by atoms with Gasteiger partial charge in [-0.05, 0) is 0 Å². The average molecular weight is 490 g/mol. The maximum absolute atomic E-state index is 5.04. The third kappa shape index (κ3) is 3.13. The van der Waals surface area contributed by atoms with E-state index in [1.807, 2.05) is 0 Å². The van der Waals surface area contributed by atoms with Crippen LogP contribution in [0.1, 0.15) is 5.01 Å². The molecule has 0 saturated carbocycles. The van der Waals surface area contributed by atoms with Crippen LogP contribution in [-0.2, 0) is 6.16 Å². The van der Waals surface area contributed by atoms with Gasteiger partial charge in [0.2, 0.25) is 0 Å². The van der Waals surface area contributed by atoms with Crippen LogP contribution in [-0.4, -0.2) is 4.98 Å². The van der Waals surface area contributed by atoms with Gasteiger partial charge >= 0.3 is 190 Å². The maximum atomic E-state index is 5.04. The summed E-state index contributed by atoms with van der Waals surface area (Å²) in [6, 6.07) is 41.1. The van der Waals surface area contributed by atoms with E-state index < -0.39 is 5.31 Å². The fourth-order valence-electron chi connectivity index (χ4n) is 4.18. The summed E-state index contributed by atoms with van der Waals surface area (Å²) in [7, 11) is 0. The zero-order valence-electron chi connectivity index (χ0n) is 16.4. The molecule has 0 unspecified atom stereocenters. The van der Waals surface area contributed by atoms with Gasteiger partial charge in [0.15, 0.2) is 0 Å². The number of halogens is 1. The number of aromatic nitrogens is 1. The number of para-hydroxylation sites is 1. The summed E-state index contributed by atoms with van der Waals surface area (Å²) >= 11 is 6.31. The van der Waals surface area contributed by atoms with E-state index in [1.165, 1.54) is 20.6 Å². The van der Waals surface area contributed by atoms with Gasteiger partial charge in [-0.25, -0.2) is 0 Å². The van der Waals surface area contributed by atoms with Crippen molar-refractivity contribution in [3.63, 3.8) is 0 Å². The summed E-state index contributed by atoms with van der Waals surface area (Å²) in [4.78, 5) is 5.04. The first-order chi connectivity index (χ1) is 14.7. The first-order valence-electron chi connectivity index (χ1n) is 9.92. The summed E-state index contributed by atoms with van der Waals surface area (Å²) < 4.78 is 1.24. The van der Waals surface area contributed by atoms with Crippen molar-refractivity contribution < 1.29 is 0 Å². The molecule has 0 amide bonds. The van der Waals surface area contributed by atoms with Gasteiger partial charge in [-0.15, -0.1) is 0 Å². The van der Waals surface area contributed by atoms with Crippen molar-refractivity contribution in [2.45, 2.75) is 6.16 Å². The molecule has 0 aliphatic rings. The third-order valence-corrected chi connectivity index (χ3v) is 16.4. The summed E-state index contributed by atoms with van der Waals surface area (Å²) in [5.41, 5.74) is 1.07. The van der Waals surface area contributed by atoms with Crippen molar-refractivity contribution in [3.05, 3.63) is 120 Å². The van der Waals surface area contributed by atoms with E-state index in [2.05, 4.69) is 131 Å². The van der Waals surface area contributed by atoms with Crippen LogP contribution in [0.4, 0.5) is 0 Å². The van der Waals surface area contributed by atoms with Crippen LogP contribution < -0.4 is 15.9 Å². The summed E-state index contributed by atoms with van der Waals surface area (Å²) in [5, 5.41) is 2.13. The molecule has 0 bridgehead atoms. The van der Waals surface area contributed by atoms with Crippen molar-refractivity contribution in [3.8, 4) is 0 Å².